The fraction of sp³-hybridized carbons (Fsp3) is 0.0909. The highest BCUT2D eigenvalue weighted by molar-refractivity contribution is 5.58. The van der Waals surface area contributed by atoms with E-state index in [0.29, 0.717) is 11.3 Å². The molecule has 0 bridgehead atoms. The second-order valence-electron chi connectivity index (χ2n) is 3.29. The van der Waals surface area contributed by atoms with Crippen molar-refractivity contribution >= 4 is 5.69 Å². The standard InChI is InChI=1S/C11H10N4/c1-8-4-5-15(14-8)10-2-3-11(13)9(6-10)7-12/h2-6H,13H2,1H3. The molecule has 0 aliphatic heterocycles. The quantitative estimate of drug-likeness (QED) is 0.708. The van der Waals surface area contributed by atoms with Gasteiger partial charge in [0.2, 0.25) is 0 Å². The predicted molar refractivity (Wildman–Crippen MR) is 57.4 cm³/mol. The molecule has 1 aromatic carbocycles. The third-order valence-electron chi connectivity index (χ3n) is 2.14. The fourth-order valence-corrected chi connectivity index (χ4v) is 1.34. The van der Waals surface area contributed by atoms with Gasteiger partial charge >= 0.3 is 0 Å². The summed E-state index contributed by atoms with van der Waals surface area (Å²) in [7, 11) is 0. The van der Waals surface area contributed by atoms with Gasteiger partial charge in [0, 0.05) is 11.9 Å². The van der Waals surface area contributed by atoms with Crippen molar-refractivity contribution in [3.05, 3.63) is 41.7 Å². The summed E-state index contributed by atoms with van der Waals surface area (Å²) in [6, 6.07) is 9.22. The molecule has 0 aliphatic rings. The lowest BCUT2D eigenvalue weighted by molar-refractivity contribution is 0.862. The van der Waals surface area contributed by atoms with Crippen LogP contribution >= 0.6 is 0 Å². The summed E-state index contributed by atoms with van der Waals surface area (Å²) in [5.74, 6) is 0. The number of anilines is 1. The minimum Gasteiger partial charge on any atom is -0.398 e. The van der Waals surface area contributed by atoms with Gasteiger partial charge in [-0.3, -0.25) is 0 Å². The van der Waals surface area contributed by atoms with Gasteiger partial charge < -0.3 is 5.73 Å². The third kappa shape index (κ3) is 1.67. The Bertz CT molecular complexity index is 534. The third-order valence-corrected chi connectivity index (χ3v) is 2.14. The summed E-state index contributed by atoms with van der Waals surface area (Å²) in [6.07, 6.45) is 1.85. The van der Waals surface area contributed by atoms with Crippen LogP contribution in [0.5, 0.6) is 0 Å². The molecular weight excluding hydrogens is 188 g/mol. The van der Waals surface area contributed by atoms with Crippen LogP contribution in [0.15, 0.2) is 30.5 Å². The molecule has 2 rings (SSSR count). The van der Waals surface area contributed by atoms with Crippen molar-refractivity contribution in [1.29, 1.82) is 5.26 Å². The maximum atomic E-state index is 8.84. The lowest BCUT2D eigenvalue weighted by atomic mass is 10.2. The number of hydrogen-bond donors (Lipinski definition) is 1. The molecule has 0 atom stereocenters. The van der Waals surface area contributed by atoms with Gasteiger partial charge in [-0.1, -0.05) is 0 Å². The molecule has 2 aromatic rings. The molecule has 4 nitrogen and oxygen atoms in total. The average molecular weight is 198 g/mol. The first-order valence-corrected chi connectivity index (χ1v) is 4.53. The van der Waals surface area contributed by atoms with Gasteiger partial charge in [-0.05, 0) is 31.2 Å². The van der Waals surface area contributed by atoms with Crippen LogP contribution in [0.4, 0.5) is 5.69 Å². The van der Waals surface area contributed by atoms with Crippen LogP contribution in [0, 0.1) is 18.3 Å². The molecule has 1 aromatic heterocycles. The lowest BCUT2D eigenvalue weighted by Gasteiger charge is -2.03. The molecule has 74 valence electrons. The van der Waals surface area contributed by atoms with Gasteiger partial charge in [-0.2, -0.15) is 10.4 Å². The number of aromatic nitrogens is 2. The maximum absolute atomic E-state index is 8.84. The van der Waals surface area contributed by atoms with Crippen LogP contribution in [0.3, 0.4) is 0 Å². The molecule has 0 aliphatic carbocycles. The molecule has 1 heterocycles. The molecule has 0 saturated heterocycles. The minimum absolute atomic E-state index is 0.473. The number of nitriles is 1. The number of aryl methyl sites for hydroxylation is 1. The van der Waals surface area contributed by atoms with E-state index in [1.54, 1.807) is 16.8 Å². The van der Waals surface area contributed by atoms with E-state index in [4.69, 9.17) is 11.0 Å². The highest BCUT2D eigenvalue weighted by Crippen LogP contribution is 2.15. The Morgan fingerprint density at radius 2 is 2.20 bits per heavy atom. The minimum atomic E-state index is 0.473. The summed E-state index contributed by atoms with van der Waals surface area (Å²) in [5, 5.41) is 13.1. The number of nitrogens with zero attached hydrogens (tertiary/aromatic N) is 3. The van der Waals surface area contributed by atoms with Crippen molar-refractivity contribution in [3.63, 3.8) is 0 Å². The zero-order chi connectivity index (χ0) is 10.8. The Morgan fingerprint density at radius 3 is 2.80 bits per heavy atom. The SMILES string of the molecule is Cc1ccn(-c2ccc(N)c(C#N)c2)n1. The highest BCUT2D eigenvalue weighted by Gasteiger charge is 2.02. The molecule has 0 radical (unpaired) electrons. The molecule has 0 saturated carbocycles. The van der Waals surface area contributed by atoms with Crippen molar-refractivity contribution in [3.8, 4) is 11.8 Å². The van der Waals surface area contributed by atoms with Crippen LogP contribution in [0.2, 0.25) is 0 Å². The highest BCUT2D eigenvalue weighted by atomic mass is 15.3. The Balaban J connectivity index is 2.51. The van der Waals surface area contributed by atoms with Crippen molar-refractivity contribution in [2.24, 2.45) is 0 Å². The second kappa shape index (κ2) is 3.46. The summed E-state index contributed by atoms with van der Waals surface area (Å²) in [6.45, 7) is 1.92. The van der Waals surface area contributed by atoms with Crippen LogP contribution < -0.4 is 5.73 Å². The maximum Gasteiger partial charge on any atom is 0.101 e. The second-order valence-corrected chi connectivity index (χ2v) is 3.29. The summed E-state index contributed by atoms with van der Waals surface area (Å²) in [5.41, 5.74) is 8.37. The molecule has 0 spiro atoms. The van der Waals surface area contributed by atoms with Gasteiger partial charge in [0.25, 0.3) is 0 Å². The first kappa shape index (κ1) is 9.28. The monoisotopic (exact) mass is 198 g/mol. The predicted octanol–water partition coefficient (Wildman–Crippen LogP) is 1.63. The van der Waals surface area contributed by atoms with Crippen molar-refractivity contribution in [1.82, 2.24) is 9.78 Å². The first-order valence-electron chi connectivity index (χ1n) is 4.53. The average Bonchev–Trinajstić information content (AvgIpc) is 2.66. The molecule has 0 fully saturated rings. The summed E-state index contributed by atoms with van der Waals surface area (Å²) < 4.78 is 1.72. The van der Waals surface area contributed by atoms with Crippen molar-refractivity contribution in [2.45, 2.75) is 6.92 Å². The van der Waals surface area contributed by atoms with E-state index in [1.165, 1.54) is 0 Å². The number of benzene rings is 1. The topological polar surface area (TPSA) is 67.6 Å². The summed E-state index contributed by atoms with van der Waals surface area (Å²) in [4.78, 5) is 0. The molecule has 0 amide bonds. The Labute approximate surface area is 87.6 Å². The van der Waals surface area contributed by atoms with E-state index in [0.717, 1.165) is 11.4 Å². The smallest absolute Gasteiger partial charge is 0.101 e. The van der Waals surface area contributed by atoms with Gasteiger partial charge in [0.15, 0.2) is 0 Å². The molecule has 15 heavy (non-hydrogen) atoms. The van der Waals surface area contributed by atoms with Crippen LogP contribution in [0.1, 0.15) is 11.3 Å². The molecular formula is C11H10N4. The van der Waals surface area contributed by atoms with E-state index >= 15 is 0 Å². The van der Waals surface area contributed by atoms with Crippen molar-refractivity contribution < 1.29 is 0 Å². The number of nitrogen functional groups attached to an aromatic ring is 1. The molecule has 0 unspecified atom stereocenters. The van der Waals surface area contributed by atoms with Gasteiger partial charge in [0.1, 0.15) is 6.07 Å². The number of rotatable bonds is 1. The van der Waals surface area contributed by atoms with E-state index in [2.05, 4.69) is 5.10 Å². The van der Waals surface area contributed by atoms with Crippen LogP contribution in [-0.2, 0) is 0 Å². The van der Waals surface area contributed by atoms with E-state index in [-0.39, 0.29) is 0 Å². The fourth-order valence-electron chi connectivity index (χ4n) is 1.34. The molecule has 2 N–H and O–H groups in total. The van der Waals surface area contributed by atoms with Gasteiger partial charge in [-0.15, -0.1) is 0 Å². The van der Waals surface area contributed by atoms with Gasteiger partial charge in [0.05, 0.1) is 16.9 Å². The van der Waals surface area contributed by atoms with Gasteiger partial charge in [-0.25, -0.2) is 4.68 Å². The zero-order valence-corrected chi connectivity index (χ0v) is 8.31. The number of nitrogens with two attached hydrogens (primary N) is 1. The van der Waals surface area contributed by atoms with E-state index in [9.17, 15) is 0 Å². The largest absolute Gasteiger partial charge is 0.398 e. The molecule has 4 heteroatoms. The normalized spacial score (nSPS) is 9.87. The Kier molecular flexibility index (Phi) is 2.14. The zero-order valence-electron chi connectivity index (χ0n) is 8.31. The van der Waals surface area contributed by atoms with E-state index in [1.807, 2.05) is 31.3 Å². The Morgan fingerprint density at radius 1 is 1.40 bits per heavy atom. The van der Waals surface area contributed by atoms with Crippen LogP contribution in [0.25, 0.3) is 5.69 Å². The Hall–Kier alpha value is -2.28. The first-order chi connectivity index (χ1) is 7.20. The lowest BCUT2D eigenvalue weighted by Crippen LogP contribution is -1.98. The van der Waals surface area contributed by atoms with Crippen molar-refractivity contribution in [2.75, 3.05) is 5.73 Å². The van der Waals surface area contributed by atoms with E-state index < -0.39 is 0 Å². The summed E-state index contributed by atoms with van der Waals surface area (Å²) >= 11 is 0. The van der Waals surface area contributed by atoms with Crippen LogP contribution in [-0.4, -0.2) is 9.78 Å². The number of hydrogen-bond acceptors (Lipinski definition) is 3.